The van der Waals surface area contributed by atoms with Gasteiger partial charge in [-0.2, -0.15) is 25.3 Å². The third kappa shape index (κ3) is 8.20. The van der Waals surface area contributed by atoms with E-state index in [1.165, 1.54) is 0 Å². The Labute approximate surface area is 183 Å². The van der Waals surface area contributed by atoms with Crippen molar-refractivity contribution in [2.24, 2.45) is 17.8 Å². The van der Waals surface area contributed by atoms with Gasteiger partial charge in [0, 0.05) is 69.5 Å². The number of rotatable bonds is 12. The van der Waals surface area contributed by atoms with Crippen molar-refractivity contribution in [2.45, 2.75) is 45.7 Å². The van der Waals surface area contributed by atoms with Gasteiger partial charge in [-0.1, -0.05) is 20.8 Å². The molecule has 0 aliphatic carbocycles. The van der Waals surface area contributed by atoms with Crippen molar-refractivity contribution >= 4 is 42.9 Å². The molecule has 0 amide bonds. The van der Waals surface area contributed by atoms with Crippen LogP contribution in [0.3, 0.4) is 0 Å². The largest absolute Gasteiger partial charge is 0.501 e. The molecule has 10 heteroatoms. The maximum atomic E-state index is 6.26. The second kappa shape index (κ2) is 12.7. The van der Waals surface area contributed by atoms with Crippen molar-refractivity contribution in [1.29, 1.82) is 0 Å². The molecule has 0 aromatic rings. The van der Waals surface area contributed by atoms with Crippen LogP contribution in [-0.2, 0) is 26.6 Å². The number of hydrogen-bond donors (Lipinski definition) is 2. The first kappa shape index (κ1) is 25.2. The van der Waals surface area contributed by atoms with E-state index in [4.69, 9.17) is 26.6 Å². The average Bonchev–Trinajstić information content (AvgIpc) is 2.71. The summed E-state index contributed by atoms with van der Waals surface area (Å²) < 4.78 is 36.8. The lowest BCUT2D eigenvalue weighted by atomic mass is 10.2. The Morgan fingerprint density at radius 3 is 1.46 bits per heavy atom. The second-order valence-electron chi connectivity index (χ2n) is 8.20. The normalized spacial score (nSPS) is 35.0. The van der Waals surface area contributed by atoms with E-state index < -0.39 is 17.6 Å². The fraction of sp³-hybridized carbons (Fsp3) is 1.00. The molecule has 2 aliphatic rings. The third-order valence-electron chi connectivity index (χ3n) is 4.81. The van der Waals surface area contributed by atoms with E-state index in [0.717, 1.165) is 36.4 Å². The van der Waals surface area contributed by atoms with Gasteiger partial charge in [-0.05, 0) is 24.3 Å². The Bertz CT molecular complexity index is 383. The van der Waals surface area contributed by atoms with E-state index in [2.05, 4.69) is 46.0 Å². The van der Waals surface area contributed by atoms with Crippen LogP contribution in [0.5, 0.6) is 0 Å². The van der Waals surface area contributed by atoms with E-state index in [1.54, 1.807) is 0 Å². The third-order valence-corrected chi connectivity index (χ3v) is 11.0. The summed E-state index contributed by atoms with van der Waals surface area (Å²) in [6, 6.07) is 1.64. The van der Waals surface area contributed by atoms with Crippen LogP contribution in [0.2, 0.25) is 12.1 Å². The zero-order valence-electron chi connectivity index (χ0n) is 17.6. The summed E-state index contributed by atoms with van der Waals surface area (Å²) in [5.74, 6) is 2.67. The second-order valence-corrected chi connectivity index (χ2v) is 14.6. The summed E-state index contributed by atoms with van der Waals surface area (Å²) >= 11 is 8.65. The molecule has 0 atom stereocenters. The summed E-state index contributed by atoms with van der Waals surface area (Å²) in [6.07, 6.45) is 1.88. The van der Waals surface area contributed by atoms with Crippen molar-refractivity contribution < 1.29 is 26.6 Å². The lowest BCUT2D eigenvalue weighted by Gasteiger charge is -2.38. The zero-order chi connectivity index (χ0) is 20.5. The van der Waals surface area contributed by atoms with E-state index in [0.29, 0.717) is 51.5 Å². The fourth-order valence-electron chi connectivity index (χ4n) is 3.03. The quantitative estimate of drug-likeness (QED) is 0.336. The van der Waals surface area contributed by atoms with Gasteiger partial charge in [0.05, 0.1) is 0 Å². The molecule has 2 aliphatic heterocycles. The minimum absolute atomic E-state index is 0.207. The van der Waals surface area contributed by atoms with Gasteiger partial charge in [-0.25, -0.2) is 0 Å². The molecule has 2 heterocycles. The van der Waals surface area contributed by atoms with Crippen molar-refractivity contribution in [3.8, 4) is 0 Å². The average molecular weight is 471 g/mol. The molecule has 0 aromatic carbocycles. The first-order valence-electron chi connectivity index (χ1n) is 10.5. The van der Waals surface area contributed by atoms with Crippen LogP contribution < -0.4 is 0 Å². The molecule has 0 radical (unpaired) electrons. The predicted molar refractivity (Wildman–Crippen MR) is 121 cm³/mol. The van der Waals surface area contributed by atoms with Gasteiger partial charge in [0.25, 0.3) is 0 Å². The van der Waals surface area contributed by atoms with Gasteiger partial charge in [-0.15, -0.1) is 0 Å². The van der Waals surface area contributed by atoms with Crippen molar-refractivity contribution in [3.63, 3.8) is 0 Å². The van der Waals surface area contributed by atoms with Crippen LogP contribution in [0, 0.1) is 17.8 Å². The number of thiol groups is 2. The Hall–Kier alpha value is 0.894. The van der Waals surface area contributed by atoms with Crippen LogP contribution in [0.15, 0.2) is 0 Å². The molecule has 6 nitrogen and oxygen atoms in total. The monoisotopic (exact) mass is 470 g/mol. The minimum Gasteiger partial charge on any atom is -0.373 e. The molecule has 0 saturated carbocycles. The minimum atomic E-state index is -2.59. The highest BCUT2D eigenvalue weighted by Crippen LogP contribution is 2.27. The van der Waals surface area contributed by atoms with E-state index in [9.17, 15) is 0 Å². The molecule has 28 heavy (non-hydrogen) atoms. The standard InChI is InChI=1S/C18H38O6S2Si2/c1-16-10-19-27(20-11-16,8-4-6-25)23-14-18(3)15-24-28(9-5-7-26)21-12-17(2)13-22-28/h16-18,25-26H,4-15H2,1-3H3. The Morgan fingerprint density at radius 1 is 0.786 bits per heavy atom. The Balaban J connectivity index is 1.82. The summed E-state index contributed by atoms with van der Waals surface area (Å²) in [5, 5.41) is 0. The van der Waals surface area contributed by atoms with Gasteiger partial charge < -0.3 is 26.6 Å². The summed E-state index contributed by atoms with van der Waals surface area (Å²) in [6.45, 7) is 10.3. The van der Waals surface area contributed by atoms with Crippen molar-refractivity contribution in [1.82, 2.24) is 0 Å². The zero-order valence-corrected chi connectivity index (χ0v) is 21.4. The molecule has 2 rings (SSSR count). The van der Waals surface area contributed by atoms with Gasteiger partial charge in [0.1, 0.15) is 0 Å². The van der Waals surface area contributed by atoms with Gasteiger partial charge in [0.15, 0.2) is 0 Å². The van der Waals surface area contributed by atoms with Crippen LogP contribution in [-0.4, -0.2) is 68.8 Å². The highest BCUT2D eigenvalue weighted by atomic mass is 32.1. The fourth-order valence-corrected chi connectivity index (χ4v) is 9.76. The molecule has 2 saturated heterocycles. The van der Waals surface area contributed by atoms with E-state index in [1.807, 2.05) is 0 Å². The van der Waals surface area contributed by atoms with Crippen LogP contribution >= 0.6 is 25.3 Å². The highest BCUT2D eigenvalue weighted by Gasteiger charge is 2.46. The van der Waals surface area contributed by atoms with Crippen LogP contribution in [0.4, 0.5) is 0 Å². The molecule has 0 N–H and O–H groups in total. The van der Waals surface area contributed by atoms with E-state index >= 15 is 0 Å². The van der Waals surface area contributed by atoms with Gasteiger partial charge >= 0.3 is 17.6 Å². The first-order valence-corrected chi connectivity index (χ1v) is 15.6. The Morgan fingerprint density at radius 2 is 1.14 bits per heavy atom. The molecule has 0 aromatic heterocycles. The summed E-state index contributed by atoms with van der Waals surface area (Å²) in [5.41, 5.74) is 0. The lowest BCUT2D eigenvalue weighted by molar-refractivity contribution is -0.0266. The van der Waals surface area contributed by atoms with Crippen molar-refractivity contribution in [2.75, 3.05) is 51.1 Å². The predicted octanol–water partition coefficient (Wildman–Crippen LogP) is 3.54. The maximum absolute atomic E-state index is 6.26. The number of hydrogen-bond acceptors (Lipinski definition) is 8. The molecular weight excluding hydrogens is 432 g/mol. The maximum Gasteiger partial charge on any atom is 0.501 e. The smallest absolute Gasteiger partial charge is 0.373 e. The molecular formula is C18H38O6S2Si2. The van der Waals surface area contributed by atoms with E-state index in [-0.39, 0.29) is 5.92 Å². The molecule has 0 bridgehead atoms. The SMILES string of the molecule is CC1CO[Si](CCCS)(OCC(C)CO[Si]2(CCCS)OCC(C)CO2)OC1. The lowest BCUT2D eigenvalue weighted by Crippen LogP contribution is -2.53. The van der Waals surface area contributed by atoms with Crippen molar-refractivity contribution in [3.05, 3.63) is 0 Å². The Kier molecular flexibility index (Phi) is 11.4. The van der Waals surface area contributed by atoms with Crippen LogP contribution in [0.25, 0.3) is 0 Å². The molecule has 166 valence electrons. The summed E-state index contributed by atoms with van der Waals surface area (Å²) in [7, 11) is -5.18. The molecule has 2 fully saturated rings. The van der Waals surface area contributed by atoms with Gasteiger partial charge in [0.2, 0.25) is 0 Å². The molecule has 0 spiro atoms. The van der Waals surface area contributed by atoms with Crippen LogP contribution in [0.1, 0.15) is 33.6 Å². The van der Waals surface area contributed by atoms with Gasteiger partial charge in [-0.3, -0.25) is 0 Å². The summed E-state index contributed by atoms with van der Waals surface area (Å²) in [4.78, 5) is 0. The highest BCUT2D eigenvalue weighted by molar-refractivity contribution is 7.80. The molecule has 0 unspecified atom stereocenters. The first-order chi connectivity index (χ1) is 13.4. The topological polar surface area (TPSA) is 55.4 Å².